The van der Waals surface area contributed by atoms with Gasteiger partial charge in [-0.15, -0.1) is 28.1 Å². The number of carbonyl (C=O) groups excluding carboxylic acids is 1. The first-order valence-electron chi connectivity index (χ1n) is 9.79. The van der Waals surface area contributed by atoms with E-state index >= 15 is 0 Å². The molecule has 0 spiro atoms. The fourth-order valence-electron chi connectivity index (χ4n) is 2.98. The van der Waals surface area contributed by atoms with Crippen molar-refractivity contribution in [2.24, 2.45) is 0 Å². The van der Waals surface area contributed by atoms with Gasteiger partial charge in [0.15, 0.2) is 16.1 Å². The predicted octanol–water partition coefficient (Wildman–Crippen LogP) is 6.06. The van der Waals surface area contributed by atoms with Gasteiger partial charge in [-0.2, -0.15) is 0 Å². The summed E-state index contributed by atoms with van der Waals surface area (Å²) in [4.78, 5) is 17.0. The molecule has 2 heterocycles. The van der Waals surface area contributed by atoms with Crippen molar-refractivity contribution in [1.82, 2.24) is 19.7 Å². The van der Waals surface area contributed by atoms with Gasteiger partial charge in [0.05, 0.1) is 11.4 Å². The number of allylic oxidation sites excluding steroid dienone is 1. The molecule has 0 aliphatic carbocycles. The lowest BCUT2D eigenvalue weighted by atomic mass is 10.1. The van der Waals surface area contributed by atoms with Crippen LogP contribution in [-0.4, -0.2) is 31.4 Å². The zero-order valence-corrected chi connectivity index (χ0v) is 20.5. The molecule has 1 N–H and O–H groups in total. The van der Waals surface area contributed by atoms with E-state index < -0.39 is 0 Å². The summed E-state index contributed by atoms with van der Waals surface area (Å²) in [7, 11) is 0. The molecule has 4 rings (SSSR count). The molecule has 0 saturated carbocycles. The van der Waals surface area contributed by atoms with Crippen LogP contribution < -0.4 is 5.32 Å². The molecule has 0 fully saturated rings. The molecule has 0 saturated heterocycles. The molecular weight excluding hydrogens is 506 g/mol. The van der Waals surface area contributed by atoms with E-state index in [1.165, 1.54) is 28.7 Å². The Morgan fingerprint density at radius 3 is 2.59 bits per heavy atom. The van der Waals surface area contributed by atoms with Crippen LogP contribution in [0.25, 0.3) is 22.6 Å². The molecule has 162 valence electrons. The summed E-state index contributed by atoms with van der Waals surface area (Å²) in [5, 5.41) is 14.7. The molecular formula is C23H20BrN5OS2. The third-order valence-corrected chi connectivity index (χ3v) is 6.81. The number of nitrogens with zero attached hydrogens (tertiary/aromatic N) is 4. The Labute approximate surface area is 202 Å². The summed E-state index contributed by atoms with van der Waals surface area (Å²) >= 11 is 6.19. The molecule has 0 unspecified atom stereocenters. The molecule has 0 aliphatic rings. The van der Waals surface area contributed by atoms with E-state index in [9.17, 15) is 4.79 Å². The maximum absolute atomic E-state index is 12.5. The van der Waals surface area contributed by atoms with Crippen LogP contribution in [0.5, 0.6) is 0 Å². The van der Waals surface area contributed by atoms with Crippen LogP contribution in [0.2, 0.25) is 0 Å². The summed E-state index contributed by atoms with van der Waals surface area (Å²) in [6.45, 7) is 6.43. The SMILES string of the molecule is C=CCn1c(SCC(=O)Nc2nc(-c3ccc(C)cc3)cs2)nnc1-c1ccc(Br)cc1. The van der Waals surface area contributed by atoms with Crippen LogP contribution in [0.4, 0.5) is 5.13 Å². The highest BCUT2D eigenvalue weighted by atomic mass is 79.9. The number of benzene rings is 2. The average molecular weight is 526 g/mol. The first-order valence-corrected chi connectivity index (χ1v) is 12.4. The van der Waals surface area contributed by atoms with Crippen LogP contribution in [0.1, 0.15) is 5.56 Å². The monoisotopic (exact) mass is 525 g/mol. The highest BCUT2D eigenvalue weighted by Crippen LogP contribution is 2.27. The summed E-state index contributed by atoms with van der Waals surface area (Å²) < 4.78 is 2.95. The number of aryl methyl sites for hydroxylation is 1. The highest BCUT2D eigenvalue weighted by molar-refractivity contribution is 9.10. The Morgan fingerprint density at radius 1 is 1.16 bits per heavy atom. The minimum absolute atomic E-state index is 0.141. The number of thiazole rings is 1. The van der Waals surface area contributed by atoms with Gasteiger partial charge >= 0.3 is 0 Å². The van der Waals surface area contributed by atoms with E-state index in [2.05, 4.69) is 43.0 Å². The third-order valence-electron chi connectivity index (χ3n) is 4.56. The number of hydrogen-bond donors (Lipinski definition) is 1. The van der Waals surface area contributed by atoms with Gasteiger partial charge in [-0.3, -0.25) is 9.36 Å². The summed E-state index contributed by atoms with van der Waals surface area (Å²) in [6.07, 6.45) is 1.79. The van der Waals surface area contributed by atoms with E-state index in [0.717, 1.165) is 27.1 Å². The molecule has 0 aliphatic heterocycles. The van der Waals surface area contributed by atoms with Crippen molar-refractivity contribution in [2.45, 2.75) is 18.6 Å². The number of carbonyl (C=O) groups is 1. The smallest absolute Gasteiger partial charge is 0.236 e. The number of thioether (sulfide) groups is 1. The molecule has 2 aromatic carbocycles. The van der Waals surface area contributed by atoms with Gasteiger partial charge < -0.3 is 5.32 Å². The van der Waals surface area contributed by atoms with E-state index in [0.29, 0.717) is 16.8 Å². The summed E-state index contributed by atoms with van der Waals surface area (Å²) in [6, 6.07) is 16.0. The maximum atomic E-state index is 12.5. The Morgan fingerprint density at radius 2 is 1.88 bits per heavy atom. The van der Waals surface area contributed by atoms with Crippen molar-refractivity contribution in [3.63, 3.8) is 0 Å². The second-order valence-corrected chi connectivity index (χ2v) is 9.67. The molecule has 1 amide bonds. The normalized spacial score (nSPS) is 10.8. The van der Waals surface area contributed by atoms with Crippen LogP contribution in [0.3, 0.4) is 0 Å². The van der Waals surface area contributed by atoms with Crippen molar-refractivity contribution in [3.05, 3.63) is 76.6 Å². The number of anilines is 1. The molecule has 2 aromatic heterocycles. The first-order chi connectivity index (χ1) is 15.5. The molecule has 9 heteroatoms. The third kappa shape index (κ3) is 5.35. The Kier molecular flexibility index (Phi) is 7.19. The lowest BCUT2D eigenvalue weighted by Gasteiger charge is -2.08. The van der Waals surface area contributed by atoms with E-state index in [-0.39, 0.29) is 11.7 Å². The topological polar surface area (TPSA) is 72.7 Å². The van der Waals surface area contributed by atoms with Crippen LogP contribution in [-0.2, 0) is 11.3 Å². The van der Waals surface area contributed by atoms with Crippen LogP contribution in [0.15, 0.2) is 76.2 Å². The lowest BCUT2D eigenvalue weighted by Crippen LogP contribution is -2.14. The summed E-state index contributed by atoms with van der Waals surface area (Å²) in [5.74, 6) is 0.802. The zero-order valence-electron chi connectivity index (χ0n) is 17.3. The van der Waals surface area contributed by atoms with Gasteiger partial charge in [0, 0.05) is 27.5 Å². The Hall–Kier alpha value is -2.75. The minimum Gasteiger partial charge on any atom is -0.301 e. The zero-order chi connectivity index (χ0) is 22.5. The molecule has 0 bridgehead atoms. The van der Waals surface area contributed by atoms with Gasteiger partial charge in [0.2, 0.25) is 5.91 Å². The summed E-state index contributed by atoms with van der Waals surface area (Å²) in [5.41, 5.74) is 4.02. The Balaban J connectivity index is 1.41. The van der Waals surface area contributed by atoms with Gasteiger partial charge in [-0.05, 0) is 19.1 Å². The van der Waals surface area contributed by atoms with Gasteiger partial charge in [0.1, 0.15) is 0 Å². The highest BCUT2D eigenvalue weighted by Gasteiger charge is 2.16. The number of nitrogens with one attached hydrogen (secondary N) is 1. The quantitative estimate of drug-likeness (QED) is 0.223. The molecule has 4 aromatic rings. The number of hydrogen-bond acceptors (Lipinski definition) is 6. The fraction of sp³-hybridized carbons (Fsp3) is 0.130. The largest absolute Gasteiger partial charge is 0.301 e. The van der Waals surface area contributed by atoms with Crippen LogP contribution >= 0.6 is 39.0 Å². The molecule has 32 heavy (non-hydrogen) atoms. The minimum atomic E-state index is -0.141. The lowest BCUT2D eigenvalue weighted by molar-refractivity contribution is -0.113. The first kappa shape index (κ1) is 22.4. The van der Waals surface area contributed by atoms with Crippen LogP contribution in [0, 0.1) is 6.92 Å². The second-order valence-electron chi connectivity index (χ2n) is 6.95. The predicted molar refractivity (Wildman–Crippen MR) is 135 cm³/mol. The fourth-order valence-corrected chi connectivity index (χ4v) is 4.72. The van der Waals surface area contributed by atoms with Gasteiger partial charge in [0.25, 0.3) is 0 Å². The Bertz CT molecular complexity index is 1230. The van der Waals surface area contributed by atoms with Crippen molar-refractivity contribution in [2.75, 3.05) is 11.1 Å². The number of amides is 1. The standard InChI is InChI=1S/C23H20BrN5OS2/c1-3-12-29-21(17-8-10-18(24)11-9-17)27-28-23(29)32-14-20(30)26-22-25-19(13-31-22)16-6-4-15(2)5-7-16/h3-11,13H,1,12,14H2,2H3,(H,25,26,30). The van der Waals surface area contributed by atoms with E-state index in [1.54, 1.807) is 6.08 Å². The van der Waals surface area contributed by atoms with E-state index in [4.69, 9.17) is 0 Å². The van der Waals surface area contributed by atoms with Crippen molar-refractivity contribution >= 4 is 50.1 Å². The van der Waals surface area contributed by atoms with Crippen molar-refractivity contribution < 1.29 is 4.79 Å². The van der Waals surface area contributed by atoms with Gasteiger partial charge in [-0.25, -0.2) is 4.98 Å². The molecule has 0 atom stereocenters. The van der Waals surface area contributed by atoms with Gasteiger partial charge in [-0.1, -0.05) is 75.7 Å². The molecule has 6 nitrogen and oxygen atoms in total. The number of aromatic nitrogens is 4. The number of halogens is 1. The van der Waals surface area contributed by atoms with E-state index in [1.807, 2.05) is 65.4 Å². The molecule has 0 radical (unpaired) electrons. The van der Waals surface area contributed by atoms with Crippen molar-refractivity contribution in [1.29, 1.82) is 0 Å². The maximum Gasteiger partial charge on any atom is 0.236 e. The average Bonchev–Trinajstić information content (AvgIpc) is 3.41. The number of rotatable bonds is 8. The second kappa shape index (κ2) is 10.2. The van der Waals surface area contributed by atoms with Crippen molar-refractivity contribution in [3.8, 4) is 22.6 Å².